The summed E-state index contributed by atoms with van der Waals surface area (Å²) in [6.07, 6.45) is 4.00. The molecule has 0 saturated carbocycles. The van der Waals surface area contributed by atoms with Gasteiger partial charge in [-0.1, -0.05) is 38.1 Å². The molecule has 0 spiro atoms. The van der Waals surface area contributed by atoms with Gasteiger partial charge in [-0.2, -0.15) is 0 Å². The molecular formula is C14H25ClN2. The van der Waals surface area contributed by atoms with E-state index in [9.17, 15) is 0 Å². The largest absolute Gasteiger partial charge is 0.327 e. The van der Waals surface area contributed by atoms with E-state index in [4.69, 9.17) is 11.5 Å². The van der Waals surface area contributed by atoms with E-state index in [2.05, 4.69) is 38.1 Å². The van der Waals surface area contributed by atoms with Gasteiger partial charge < -0.3 is 11.5 Å². The van der Waals surface area contributed by atoms with Gasteiger partial charge in [0.25, 0.3) is 0 Å². The molecule has 1 aromatic rings. The highest BCUT2D eigenvalue weighted by Crippen LogP contribution is 2.09. The smallest absolute Gasteiger partial charge is 0.00766 e. The van der Waals surface area contributed by atoms with Crippen LogP contribution in [0.2, 0.25) is 0 Å². The molecule has 1 rings (SSSR count). The SMILES string of the molecule is CCC(N)Cc1ccc(CC(N)CC)cc1.Cl. The highest BCUT2D eigenvalue weighted by Gasteiger charge is 2.03. The molecule has 0 aliphatic rings. The summed E-state index contributed by atoms with van der Waals surface area (Å²) in [6.45, 7) is 4.25. The van der Waals surface area contributed by atoms with Gasteiger partial charge in [0.05, 0.1) is 0 Å². The second-order valence-corrected chi connectivity index (χ2v) is 4.56. The molecule has 1 aromatic carbocycles. The minimum Gasteiger partial charge on any atom is -0.327 e. The summed E-state index contributed by atoms with van der Waals surface area (Å²) in [7, 11) is 0. The van der Waals surface area contributed by atoms with Gasteiger partial charge in [-0.3, -0.25) is 0 Å². The van der Waals surface area contributed by atoms with Crippen LogP contribution in [0.3, 0.4) is 0 Å². The van der Waals surface area contributed by atoms with Crippen LogP contribution in [-0.4, -0.2) is 12.1 Å². The molecule has 4 N–H and O–H groups in total. The number of hydrogen-bond donors (Lipinski definition) is 2. The van der Waals surface area contributed by atoms with Crippen LogP contribution in [0.15, 0.2) is 24.3 Å². The van der Waals surface area contributed by atoms with Crippen LogP contribution >= 0.6 is 12.4 Å². The summed E-state index contributed by atoms with van der Waals surface area (Å²) >= 11 is 0. The minimum atomic E-state index is 0. The summed E-state index contributed by atoms with van der Waals surface area (Å²) in [5, 5.41) is 0. The van der Waals surface area contributed by atoms with E-state index in [1.807, 2.05) is 0 Å². The number of benzene rings is 1. The van der Waals surface area contributed by atoms with Crippen molar-refractivity contribution in [3.8, 4) is 0 Å². The number of rotatable bonds is 6. The Kier molecular flexibility index (Phi) is 8.23. The third-order valence-electron chi connectivity index (χ3n) is 3.07. The maximum absolute atomic E-state index is 5.93. The molecule has 0 fully saturated rings. The number of hydrogen-bond acceptors (Lipinski definition) is 2. The lowest BCUT2D eigenvalue weighted by Gasteiger charge is -2.11. The van der Waals surface area contributed by atoms with Crippen LogP contribution in [0.25, 0.3) is 0 Å². The van der Waals surface area contributed by atoms with E-state index in [1.165, 1.54) is 11.1 Å². The van der Waals surface area contributed by atoms with Crippen molar-refractivity contribution in [3.63, 3.8) is 0 Å². The zero-order chi connectivity index (χ0) is 12.0. The summed E-state index contributed by atoms with van der Waals surface area (Å²) in [6, 6.07) is 9.26. The predicted octanol–water partition coefficient (Wildman–Crippen LogP) is 2.67. The van der Waals surface area contributed by atoms with Crippen LogP contribution in [0.5, 0.6) is 0 Å². The van der Waals surface area contributed by atoms with Gasteiger partial charge in [0, 0.05) is 12.1 Å². The quantitative estimate of drug-likeness (QED) is 0.822. The minimum absolute atomic E-state index is 0. The van der Waals surface area contributed by atoms with E-state index in [0.717, 1.165) is 25.7 Å². The fourth-order valence-electron chi connectivity index (χ4n) is 1.71. The Morgan fingerprint density at radius 1 is 0.824 bits per heavy atom. The van der Waals surface area contributed by atoms with Crippen LogP contribution in [0.1, 0.15) is 37.8 Å². The fourth-order valence-corrected chi connectivity index (χ4v) is 1.71. The highest BCUT2D eigenvalue weighted by molar-refractivity contribution is 5.85. The monoisotopic (exact) mass is 256 g/mol. The molecule has 2 unspecified atom stereocenters. The summed E-state index contributed by atoms with van der Waals surface area (Å²) in [5.41, 5.74) is 14.5. The van der Waals surface area contributed by atoms with Crippen LogP contribution in [0.4, 0.5) is 0 Å². The average molecular weight is 257 g/mol. The van der Waals surface area contributed by atoms with Crippen molar-refractivity contribution >= 4 is 12.4 Å². The first-order valence-corrected chi connectivity index (χ1v) is 6.24. The number of halogens is 1. The molecule has 0 amide bonds. The maximum atomic E-state index is 5.93. The van der Waals surface area contributed by atoms with Gasteiger partial charge in [0.15, 0.2) is 0 Å². The zero-order valence-electron chi connectivity index (χ0n) is 10.9. The molecule has 3 heteroatoms. The maximum Gasteiger partial charge on any atom is 0.00766 e. The third kappa shape index (κ3) is 6.06. The topological polar surface area (TPSA) is 52.0 Å². The van der Waals surface area contributed by atoms with Gasteiger partial charge in [0.1, 0.15) is 0 Å². The highest BCUT2D eigenvalue weighted by atomic mass is 35.5. The summed E-state index contributed by atoms with van der Waals surface area (Å²) in [4.78, 5) is 0. The summed E-state index contributed by atoms with van der Waals surface area (Å²) < 4.78 is 0. The van der Waals surface area contributed by atoms with Crippen LogP contribution < -0.4 is 11.5 Å². The molecule has 2 atom stereocenters. The lowest BCUT2D eigenvalue weighted by atomic mass is 10.00. The van der Waals surface area contributed by atoms with Crippen molar-refractivity contribution in [3.05, 3.63) is 35.4 Å². The van der Waals surface area contributed by atoms with E-state index in [0.29, 0.717) is 0 Å². The molecule has 0 radical (unpaired) electrons. The third-order valence-corrected chi connectivity index (χ3v) is 3.07. The Hall–Kier alpha value is -0.570. The first-order chi connectivity index (χ1) is 7.65. The Labute approximate surface area is 111 Å². The predicted molar refractivity (Wildman–Crippen MR) is 77.6 cm³/mol. The normalized spacial score (nSPS) is 13.9. The van der Waals surface area contributed by atoms with Crippen LogP contribution in [-0.2, 0) is 12.8 Å². The van der Waals surface area contributed by atoms with E-state index in [-0.39, 0.29) is 24.5 Å². The lowest BCUT2D eigenvalue weighted by molar-refractivity contribution is 0.641. The second-order valence-electron chi connectivity index (χ2n) is 4.56. The molecule has 0 heterocycles. The molecule has 2 nitrogen and oxygen atoms in total. The molecule has 0 saturated heterocycles. The van der Waals surface area contributed by atoms with Crippen molar-refractivity contribution < 1.29 is 0 Å². The first-order valence-electron chi connectivity index (χ1n) is 6.24. The standard InChI is InChI=1S/C14H24N2.ClH/c1-3-13(15)9-11-5-7-12(8-6-11)10-14(16)4-2;/h5-8,13-14H,3-4,9-10,15-16H2,1-2H3;1H. The number of nitrogens with two attached hydrogens (primary N) is 2. The Bertz CT molecular complexity index is 267. The van der Waals surface area contributed by atoms with Gasteiger partial charge in [-0.05, 0) is 36.8 Å². The molecule has 98 valence electrons. The van der Waals surface area contributed by atoms with Crippen molar-refractivity contribution in [2.24, 2.45) is 11.5 Å². The zero-order valence-corrected chi connectivity index (χ0v) is 11.7. The molecule has 0 aliphatic carbocycles. The Morgan fingerprint density at radius 3 is 1.35 bits per heavy atom. The molecule has 0 aliphatic heterocycles. The average Bonchev–Trinajstić information content (AvgIpc) is 2.31. The lowest BCUT2D eigenvalue weighted by Crippen LogP contribution is -2.22. The van der Waals surface area contributed by atoms with Gasteiger partial charge >= 0.3 is 0 Å². The van der Waals surface area contributed by atoms with Crippen molar-refractivity contribution in [1.82, 2.24) is 0 Å². The van der Waals surface area contributed by atoms with Gasteiger partial charge in [-0.15, -0.1) is 12.4 Å². The van der Waals surface area contributed by atoms with Crippen molar-refractivity contribution in [2.75, 3.05) is 0 Å². The van der Waals surface area contributed by atoms with Crippen LogP contribution in [0, 0.1) is 0 Å². The van der Waals surface area contributed by atoms with E-state index in [1.54, 1.807) is 0 Å². The Morgan fingerprint density at radius 2 is 1.12 bits per heavy atom. The van der Waals surface area contributed by atoms with Gasteiger partial charge in [0.2, 0.25) is 0 Å². The fraction of sp³-hybridized carbons (Fsp3) is 0.571. The van der Waals surface area contributed by atoms with Crippen molar-refractivity contribution in [2.45, 2.75) is 51.6 Å². The molecule has 0 aromatic heterocycles. The molecular weight excluding hydrogens is 232 g/mol. The van der Waals surface area contributed by atoms with Gasteiger partial charge in [-0.25, -0.2) is 0 Å². The molecule has 17 heavy (non-hydrogen) atoms. The van der Waals surface area contributed by atoms with E-state index >= 15 is 0 Å². The summed E-state index contributed by atoms with van der Waals surface area (Å²) in [5.74, 6) is 0. The first kappa shape index (κ1) is 16.4. The molecule has 0 bridgehead atoms. The van der Waals surface area contributed by atoms with Crippen molar-refractivity contribution in [1.29, 1.82) is 0 Å². The van der Waals surface area contributed by atoms with E-state index < -0.39 is 0 Å². The second kappa shape index (κ2) is 8.51. The Balaban J connectivity index is 0.00000256.